The van der Waals surface area contributed by atoms with E-state index in [1.807, 2.05) is 25.1 Å². The van der Waals surface area contributed by atoms with E-state index < -0.39 is 5.60 Å². The molecule has 1 atom stereocenters. The van der Waals surface area contributed by atoms with Gasteiger partial charge in [-0.2, -0.15) is 0 Å². The maximum absolute atomic E-state index is 10.5. The third-order valence-electron chi connectivity index (χ3n) is 3.19. The number of nitrogen functional groups attached to an aromatic ring is 1. The molecule has 1 saturated heterocycles. The predicted octanol–water partition coefficient (Wildman–Crippen LogP) is 1.15. The molecule has 4 N–H and O–H groups in total. The Morgan fingerprint density at radius 3 is 2.93 bits per heavy atom. The van der Waals surface area contributed by atoms with Gasteiger partial charge in [-0.1, -0.05) is 18.2 Å². The molecular weight excluding hydrogens is 188 g/mol. The van der Waals surface area contributed by atoms with Crippen LogP contribution in [0.1, 0.15) is 24.0 Å². The van der Waals surface area contributed by atoms with Gasteiger partial charge in [0.1, 0.15) is 5.60 Å². The van der Waals surface area contributed by atoms with E-state index >= 15 is 0 Å². The van der Waals surface area contributed by atoms with Crippen molar-refractivity contribution in [2.45, 2.75) is 25.4 Å². The van der Waals surface area contributed by atoms with Gasteiger partial charge < -0.3 is 16.2 Å². The number of nitrogens with one attached hydrogen (secondary N) is 1. The lowest BCUT2D eigenvalue weighted by atomic mass is 9.85. The first-order valence-corrected chi connectivity index (χ1v) is 5.42. The number of hydrogen-bond acceptors (Lipinski definition) is 3. The van der Waals surface area contributed by atoms with E-state index in [9.17, 15) is 5.11 Å². The van der Waals surface area contributed by atoms with Gasteiger partial charge in [-0.05, 0) is 31.9 Å². The molecule has 15 heavy (non-hydrogen) atoms. The van der Waals surface area contributed by atoms with E-state index in [-0.39, 0.29) is 0 Å². The van der Waals surface area contributed by atoms with Crippen LogP contribution in [0, 0.1) is 6.92 Å². The number of para-hydroxylation sites is 1. The van der Waals surface area contributed by atoms with E-state index in [1.165, 1.54) is 0 Å². The van der Waals surface area contributed by atoms with Crippen LogP contribution in [0.4, 0.5) is 5.69 Å². The van der Waals surface area contributed by atoms with Crippen molar-refractivity contribution in [2.75, 3.05) is 18.8 Å². The van der Waals surface area contributed by atoms with Crippen LogP contribution in [0.3, 0.4) is 0 Å². The molecule has 0 aromatic heterocycles. The van der Waals surface area contributed by atoms with Crippen molar-refractivity contribution in [3.05, 3.63) is 29.3 Å². The number of aliphatic hydroxyl groups is 1. The highest BCUT2D eigenvalue weighted by molar-refractivity contribution is 5.55. The third kappa shape index (κ3) is 1.85. The van der Waals surface area contributed by atoms with Crippen LogP contribution >= 0.6 is 0 Å². The van der Waals surface area contributed by atoms with E-state index in [2.05, 4.69) is 5.32 Å². The highest BCUT2D eigenvalue weighted by Gasteiger charge is 2.32. The number of benzene rings is 1. The molecule has 3 nitrogen and oxygen atoms in total. The Hall–Kier alpha value is -1.06. The molecule has 0 radical (unpaired) electrons. The first-order chi connectivity index (χ1) is 7.13. The van der Waals surface area contributed by atoms with Gasteiger partial charge in [-0.3, -0.25) is 0 Å². The fourth-order valence-corrected chi connectivity index (χ4v) is 2.21. The number of anilines is 1. The van der Waals surface area contributed by atoms with Crippen LogP contribution in [0.15, 0.2) is 18.2 Å². The summed E-state index contributed by atoms with van der Waals surface area (Å²) in [5.41, 5.74) is 7.86. The van der Waals surface area contributed by atoms with Crippen LogP contribution in [0.5, 0.6) is 0 Å². The topological polar surface area (TPSA) is 58.3 Å². The highest BCUT2D eigenvalue weighted by Crippen LogP contribution is 2.33. The zero-order valence-electron chi connectivity index (χ0n) is 9.09. The summed E-state index contributed by atoms with van der Waals surface area (Å²) in [6.07, 6.45) is 1.78. The van der Waals surface area contributed by atoms with Gasteiger partial charge in [0.25, 0.3) is 0 Å². The van der Waals surface area contributed by atoms with Crippen molar-refractivity contribution in [1.29, 1.82) is 0 Å². The van der Waals surface area contributed by atoms with Crippen molar-refractivity contribution < 1.29 is 5.11 Å². The molecule has 1 heterocycles. The third-order valence-corrected chi connectivity index (χ3v) is 3.19. The van der Waals surface area contributed by atoms with E-state index in [1.54, 1.807) is 0 Å². The van der Waals surface area contributed by atoms with Crippen LogP contribution < -0.4 is 11.1 Å². The Kier molecular flexibility index (Phi) is 2.67. The normalized spacial score (nSPS) is 26.5. The zero-order chi connectivity index (χ0) is 10.9. The summed E-state index contributed by atoms with van der Waals surface area (Å²) < 4.78 is 0. The second kappa shape index (κ2) is 3.83. The molecule has 0 bridgehead atoms. The molecule has 1 aliphatic heterocycles. The smallest absolute Gasteiger partial charge is 0.104 e. The molecule has 1 aliphatic rings. The zero-order valence-corrected chi connectivity index (χ0v) is 9.09. The Balaban J connectivity index is 2.39. The average Bonchev–Trinajstić information content (AvgIpc) is 2.23. The van der Waals surface area contributed by atoms with Crippen molar-refractivity contribution in [3.8, 4) is 0 Å². The molecule has 2 rings (SSSR count). The number of β-amino-alcohol motifs (C(OH)–C–C–N with tert-alkyl or cyclic N) is 1. The fraction of sp³-hybridized carbons (Fsp3) is 0.500. The van der Waals surface area contributed by atoms with Gasteiger partial charge in [-0.15, -0.1) is 0 Å². The monoisotopic (exact) mass is 206 g/mol. The summed E-state index contributed by atoms with van der Waals surface area (Å²) >= 11 is 0. The van der Waals surface area contributed by atoms with Gasteiger partial charge in [0, 0.05) is 17.8 Å². The Morgan fingerprint density at radius 2 is 2.27 bits per heavy atom. The quantitative estimate of drug-likeness (QED) is 0.604. The minimum absolute atomic E-state index is 0.598. The molecule has 0 amide bonds. The maximum Gasteiger partial charge on any atom is 0.104 e. The summed E-state index contributed by atoms with van der Waals surface area (Å²) in [4.78, 5) is 0. The molecule has 1 fully saturated rings. The van der Waals surface area contributed by atoms with Crippen LogP contribution in [0.2, 0.25) is 0 Å². The number of piperidine rings is 1. The van der Waals surface area contributed by atoms with Gasteiger partial charge in [0.05, 0.1) is 0 Å². The molecule has 1 unspecified atom stereocenters. The number of nitrogens with two attached hydrogens (primary N) is 1. The first-order valence-electron chi connectivity index (χ1n) is 5.42. The molecule has 1 aromatic rings. The van der Waals surface area contributed by atoms with Crippen LogP contribution in [-0.4, -0.2) is 18.2 Å². The second-order valence-electron chi connectivity index (χ2n) is 4.35. The summed E-state index contributed by atoms with van der Waals surface area (Å²) in [6.45, 7) is 3.55. The summed E-state index contributed by atoms with van der Waals surface area (Å²) in [5, 5.41) is 13.7. The van der Waals surface area contributed by atoms with E-state index in [0.717, 1.165) is 36.2 Å². The van der Waals surface area contributed by atoms with Gasteiger partial charge in [0.2, 0.25) is 0 Å². The molecule has 0 saturated carbocycles. The lowest BCUT2D eigenvalue weighted by molar-refractivity contribution is 0.0130. The lowest BCUT2D eigenvalue weighted by Gasteiger charge is -2.34. The lowest BCUT2D eigenvalue weighted by Crippen LogP contribution is -2.43. The predicted molar refractivity (Wildman–Crippen MR) is 61.6 cm³/mol. The van der Waals surface area contributed by atoms with Gasteiger partial charge >= 0.3 is 0 Å². The van der Waals surface area contributed by atoms with Gasteiger partial charge in [-0.25, -0.2) is 0 Å². The molecule has 0 spiro atoms. The SMILES string of the molecule is Cc1cccc(C2(O)CCCNC2)c1N. The minimum atomic E-state index is -0.783. The summed E-state index contributed by atoms with van der Waals surface area (Å²) in [7, 11) is 0. The highest BCUT2D eigenvalue weighted by atomic mass is 16.3. The van der Waals surface area contributed by atoms with Crippen molar-refractivity contribution >= 4 is 5.69 Å². The fourth-order valence-electron chi connectivity index (χ4n) is 2.21. The summed E-state index contributed by atoms with van der Waals surface area (Å²) in [5.74, 6) is 0. The standard InChI is InChI=1S/C12H18N2O/c1-9-4-2-5-10(11(9)13)12(15)6-3-7-14-8-12/h2,4-5,14-15H,3,6-8,13H2,1H3. The van der Waals surface area contributed by atoms with Gasteiger partial charge in [0.15, 0.2) is 0 Å². The van der Waals surface area contributed by atoms with Crippen LogP contribution in [-0.2, 0) is 5.60 Å². The minimum Gasteiger partial charge on any atom is -0.398 e. The van der Waals surface area contributed by atoms with Crippen molar-refractivity contribution in [1.82, 2.24) is 5.32 Å². The maximum atomic E-state index is 10.5. The average molecular weight is 206 g/mol. The molecule has 1 aromatic carbocycles. The second-order valence-corrected chi connectivity index (χ2v) is 4.35. The summed E-state index contributed by atoms with van der Waals surface area (Å²) in [6, 6.07) is 5.85. The van der Waals surface area contributed by atoms with Crippen molar-refractivity contribution in [3.63, 3.8) is 0 Å². The van der Waals surface area contributed by atoms with Crippen molar-refractivity contribution in [2.24, 2.45) is 0 Å². The molecule has 82 valence electrons. The Bertz CT molecular complexity index is 357. The first kappa shape index (κ1) is 10.5. The van der Waals surface area contributed by atoms with E-state index in [0.29, 0.717) is 6.54 Å². The molecule has 0 aliphatic carbocycles. The number of aryl methyl sites for hydroxylation is 1. The number of hydrogen-bond donors (Lipinski definition) is 3. The molecular formula is C12H18N2O. The molecule has 3 heteroatoms. The number of rotatable bonds is 1. The Labute approximate surface area is 90.3 Å². The van der Waals surface area contributed by atoms with Crippen LogP contribution in [0.25, 0.3) is 0 Å². The largest absolute Gasteiger partial charge is 0.398 e. The van der Waals surface area contributed by atoms with E-state index in [4.69, 9.17) is 5.73 Å². The Morgan fingerprint density at radius 1 is 1.47 bits per heavy atom.